The average molecular weight is 541 g/mol. The lowest BCUT2D eigenvalue weighted by molar-refractivity contribution is 1.43. The van der Waals surface area contributed by atoms with Gasteiger partial charge in [0, 0.05) is 27.3 Å². The standard InChI is InChI=1S/C38H24N2S/c1-2-9-28(10-3-1)37-32-13-8-12-30(36(32)31-11-4-5-14-33(31)39-37)27-21-17-25(18-22-27)26-19-23-29(24-20-26)38-40-34-15-6-7-16-35(34)41-38/h1-24H. The second kappa shape index (κ2) is 9.81. The fourth-order valence-electron chi connectivity index (χ4n) is 5.70. The Morgan fingerprint density at radius 2 is 1.00 bits per heavy atom. The summed E-state index contributed by atoms with van der Waals surface area (Å²) in [7, 11) is 0. The summed E-state index contributed by atoms with van der Waals surface area (Å²) in [4.78, 5) is 9.92. The average Bonchev–Trinajstić information content (AvgIpc) is 3.49. The fraction of sp³-hybridized carbons (Fsp3) is 0. The minimum atomic E-state index is 1.01. The molecule has 0 fully saturated rings. The predicted molar refractivity (Wildman–Crippen MR) is 174 cm³/mol. The summed E-state index contributed by atoms with van der Waals surface area (Å²) in [6.45, 7) is 0. The molecule has 2 nitrogen and oxygen atoms in total. The number of fused-ring (bicyclic) bond motifs is 4. The van der Waals surface area contributed by atoms with Crippen LogP contribution in [0.2, 0.25) is 0 Å². The first-order chi connectivity index (χ1) is 20.3. The highest BCUT2D eigenvalue weighted by molar-refractivity contribution is 7.21. The monoisotopic (exact) mass is 540 g/mol. The summed E-state index contributed by atoms with van der Waals surface area (Å²) in [5.41, 5.74) is 10.2. The number of hydrogen-bond acceptors (Lipinski definition) is 3. The Morgan fingerprint density at radius 1 is 0.390 bits per heavy atom. The van der Waals surface area contributed by atoms with Gasteiger partial charge in [-0.25, -0.2) is 9.97 Å². The lowest BCUT2D eigenvalue weighted by Crippen LogP contribution is -1.92. The van der Waals surface area contributed by atoms with Crippen LogP contribution < -0.4 is 0 Å². The van der Waals surface area contributed by atoms with Crippen molar-refractivity contribution in [2.24, 2.45) is 0 Å². The van der Waals surface area contributed by atoms with Crippen LogP contribution in [0.25, 0.3) is 76.0 Å². The molecule has 0 unspecified atom stereocenters. The third kappa shape index (κ3) is 4.19. The summed E-state index contributed by atoms with van der Waals surface area (Å²) < 4.78 is 1.22. The molecule has 0 amide bonds. The highest BCUT2D eigenvalue weighted by Crippen LogP contribution is 2.39. The van der Waals surface area contributed by atoms with Crippen molar-refractivity contribution in [3.63, 3.8) is 0 Å². The SMILES string of the molecule is c1ccc(-c2nc3ccccc3c3c(-c4ccc(-c5ccc(-c6nc7ccccc7s6)cc5)cc4)cccc23)cc1. The maximum Gasteiger partial charge on any atom is 0.124 e. The van der Waals surface area contributed by atoms with Crippen LogP contribution in [0.4, 0.5) is 0 Å². The largest absolute Gasteiger partial charge is 0.247 e. The molecule has 0 aliphatic rings. The van der Waals surface area contributed by atoms with Crippen LogP contribution in [-0.4, -0.2) is 9.97 Å². The number of pyridine rings is 1. The zero-order chi connectivity index (χ0) is 27.2. The van der Waals surface area contributed by atoms with Crippen molar-refractivity contribution >= 4 is 43.2 Å². The van der Waals surface area contributed by atoms with E-state index in [1.807, 2.05) is 12.1 Å². The molecule has 0 spiro atoms. The zero-order valence-electron chi connectivity index (χ0n) is 22.2. The van der Waals surface area contributed by atoms with E-state index in [1.165, 1.54) is 43.1 Å². The van der Waals surface area contributed by atoms with Gasteiger partial charge >= 0.3 is 0 Å². The lowest BCUT2D eigenvalue weighted by atomic mass is 9.92. The molecule has 8 aromatic rings. The van der Waals surface area contributed by atoms with Crippen LogP contribution in [0.1, 0.15) is 0 Å². The van der Waals surface area contributed by atoms with Crippen molar-refractivity contribution in [3.05, 3.63) is 146 Å². The van der Waals surface area contributed by atoms with Gasteiger partial charge in [-0.15, -0.1) is 11.3 Å². The number of nitrogens with zero attached hydrogens (tertiary/aromatic N) is 2. The maximum atomic E-state index is 5.10. The van der Waals surface area contributed by atoms with E-state index in [0.717, 1.165) is 32.9 Å². The first-order valence-electron chi connectivity index (χ1n) is 13.8. The molecule has 0 bridgehead atoms. The van der Waals surface area contributed by atoms with E-state index in [0.29, 0.717) is 0 Å². The van der Waals surface area contributed by atoms with E-state index in [1.54, 1.807) is 11.3 Å². The summed E-state index contributed by atoms with van der Waals surface area (Å²) in [5, 5.41) is 4.64. The minimum Gasteiger partial charge on any atom is -0.247 e. The fourth-order valence-corrected chi connectivity index (χ4v) is 6.67. The van der Waals surface area contributed by atoms with E-state index in [9.17, 15) is 0 Å². The van der Waals surface area contributed by atoms with Crippen molar-refractivity contribution in [1.82, 2.24) is 9.97 Å². The molecule has 192 valence electrons. The first kappa shape index (κ1) is 23.7. The molecule has 3 heteroatoms. The number of aromatic nitrogens is 2. The van der Waals surface area contributed by atoms with E-state index in [2.05, 4.69) is 133 Å². The van der Waals surface area contributed by atoms with Gasteiger partial charge in [0.25, 0.3) is 0 Å². The van der Waals surface area contributed by atoms with Gasteiger partial charge in [0.15, 0.2) is 0 Å². The predicted octanol–water partition coefficient (Wildman–Crippen LogP) is 10.7. The molecule has 2 heterocycles. The van der Waals surface area contributed by atoms with Crippen LogP contribution in [0.15, 0.2) is 146 Å². The van der Waals surface area contributed by atoms with Gasteiger partial charge in [0.1, 0.15) is 5.01 Å². The summed E-state index contributed by atoms with van der Waals surface area (Å²) in [6.07, 6.45) is 0. The second-order valence-electron chi connectivity index (χ2n) is 10.2. The molecule has 0 N–H and O–H groups in total. The quantitative estimate of drug-likeness (QED) is 0.208. The normalized spacial score (nSPS) is 11.4. The number of thiazole rings is 1. The molecule has 0 aliphatic heterocycles. The summed E-state index contributed by atoms with van der Waals surface area (Å²) >= 11 is 1.74. The van der Waals surface area contributed by atoms with E-state index in [4.69, 9.17) is 9.97 Å². The Kier molecular flexibility index (Phi) is 5.68. The van der Waals surface area contributed by atoms with Crippen molar-refractivity contribution < 1.29 is 0 Å². The molecule has 8 rings (SSSR count). The van der Waals surface area contributed by atoms with E-state index < -0.39 is 0 Å². The molecule has 0 radical (unpaired) electrons. The molecule has 0 saturated heterocycles. The third-order valence-corrected chi connectivity index (χ3v) is 8.81. The smallest absolute Gasteiger partial charge is 0.124 e. The summed E-state index contributed by atoms with van der Waals surface area (Å²) in [6, 6.07) is 51.5. The molecular weight excluding hydrogens is 516 g/mol. The van der Waals surface area contributed by atoms with E-state index >= 15 is 0 Å². The van der Waals surface area contributed by atoms with Gasteiger partial charge in [-0.3, -0.25) is 0 Å². The van der Waals surface area contributed by atoms with Gasteiger partial charge < -0.3 is 0 Å². The van der Waals surface area contributed by atoms with Crippen LogP contribution in [0.3, 0.4) is 0 Å². The first-order valence-corrected chi connectivity index (χ1v) is 14.6. The molecule has 0 aliphatic carbocycles. The Hall–Kier alpha value is -5.12. The number of benzene rings is 6. The van der Waals surface area contributed by atoms with Crippen molar-refractivity contribution in [2.45, 2.75) is 0 Å². The number of hydrogen-bond donors (Lipinski definition) is 0. The van der Waals surface area contributed by atoms with Gasteiger partial charge in [-0.1, -0.05) is 127 Å². The Morgan fingerprint density at radius 3 is 1.76 bits per heavy atom. The molecule has 0 atom stereocenters. The van der Waals surface area contributed by atoms with Crippen LogP contribution >= 0.6 is 11.3 Å². The van der Waals surface area contributed by atoms with Crippen LogP contribution in [-0.2, 0) is 0 Å². The molecule has 6 aromatic carbocycles. The van der Waals surface area contributed by atoms with Gasteiger partial charge in [-0.05, 0) is 40.5 Å². The van der Waals surface area contributed by atoms with Gasteiger partial charge in [0.05, 0.1) is 21.4 Å². The topological polar surface area (TPSA) is 25.8 Å². The lowest BCUT2D eigenvalue weighted by Gasteiger charge is -2.14. The minimum absolute atomic E-state index is 1.01. The van der Waals surface area contributed by atoms with Crippen molar-refractivity contribution in [1.29, 1.82) is 0 Å². The van der Waals surface area contributed by atoms with Crippen molar-refractivity contribution in [3.8, 4) is 44.1 Å². The third-order valence-electron chi connectivity index (χ3n) is 7.73. The number of rotatable bonds is 4. The Labute approximate surface area is 242 Å². The highest BCUT2D eigenvalue weighted by Gasteiger charge is 2.14. The molecule has 2 aromatic heterocycles. The maximum absolute atomic E-state index is 5.10. The van der Waals surface area contributed by atoms with Gasteiger partial charge in [-0.2, -0.15) is 0 Å². The Balaban J connectivity index is 1.19. The van der Waals surface area contributed by atoms with Crippen molar-refractivity contribution in [2.75, 3.05) is 0 Å². The van der Waals surface area contributed by atoms with Crippen LogP contribution in [0, 0.1) is 0 Å². The highest BCUT2D eigenvalue weighted by atomic mass is 32.1. The Bertz CT molecular complexity index is 2140. The molecular formula is C38H24N2S. The molecule has 0 saturated carbocycles. The van der Waals surface area contributed by atoms with E-state index in [-0.39, 0.29) is 0 Å². The van der Waals surface area contributed by atoms with Gasteiger partial charge in [0.2, 0.25) is 0 Å². The second-order valence-corrected chi connectivity index (χ2v) is 11.2. The molecule has 41 heavy (non-hydrogen) atoms. The van der Waals surface area contributed by atoms with Crippen LogP contribution in [0.5, 0.6) is 0 Å². The number of para-hydroxylation sites is 2. The zero-order valence-corrected chi connectivity index (χ0v) is 23.0. The summed E-state index contributed by atoms with van der Waals surface area (Å²) in [5.74, 6) is 0.